The summed E-state index contributed by atoms with van der Waals surface area (Å²) in [5, 5.41) is 1.96. The lowest BCUT2D eigenvalue weighted by Gasteiger charge is -2.34. The van der Waals surface area contributed by atoms with E-state index < -0.39 is 10.0 Å². The van der Waals surface area contributed by atoms with Gasteiger partial charge in [0.15, 0.2) is 5.82 Å². The molecule has 0 radical (unpaired) electrons. The molecule has 0 N–H and O–H groups in total. The van der Waals surface area contributed by atoms with Crippen molar-refractivity contribution in [3.05, 3.63) is 84.1 Å². The molecule has 3 aromatic carbocycles. The standard InChI is InChI=1S/C26H26N4O2S/c1-19-7-9-22(10-8-19)26-27-20(2)17-25(28-26)29-13-15-30(16-14-29)33(31,32)24-12-11-21-5-3-4-6-23(21)18-24/h3-12,17-18H,13-16H2,1-2H3. The van der Waals surface area contributed by atoms with Crippen molar-refractivity contribution in [2.45, 2.75) is 18.7 Å². The number of anilines is 1. The van der Waals surface area contributed by atoms with Crippen molar-refractivity contribution >= 4 is 26.6 Å². The predicted molar refractivity (Wildman–Crippen MR) is 132 cm³/mol. The summed E-state index contributed by atoms with van der Waals surface area (Å²) in [5.74, 6) is 1.53. The zero-order valence-corrected chi connectivity index (χ0v) is 19.6. The molecule has 0 amide bonds. The Bertz CT molecular complexity index is 1410. The number of piperazine rings is 1. The summed E-state index contributed by atoms with van der Waals surface area (Å²) in [6.07, 6.45) is 0. The molecule has 0 bridgehead atoms. The quantitative estimate of drug-likeness (QED) is 0.453. The zero-order valence-electron chi connectivity index (χ0n) is 18.8. The minimum atomic E-state index is -3.55. The maximum absolute atomic E-state index is 13.3. The SMILES string of the molecule is Cc1ccc(-c2nc(C)cc(N3CCN(S(=O)(=O)c4ccc5ccccc5c4)CC3)n2)cc1. The Morgan fingerprint density at radius 2 is 1.45 bits per heavy atom. The molecule has 6 nitrogen and oxygen atoms in total. The molecular weight excluding hydrogens is 432 g/mol. The predicted octanol–water partition coefficient (Wildman–Crippen LogP) is 4.42. The molecule has 2 heterocycles. The summed E-state index contributed by atoms with van der Waals surface area (Å²) in [5.41, 5.74) is 3.06. The third-order valence-electron chi connectivity index (χ3n) is 6.07. The van der Waals surface area contributed by atoms with Crippen LogP contribution in [-0.4, -0.2) is 48.9 Å². The van der Waals surface area contributed by atoms with Crippen molar-refractivity contribution in [2.24, 2.45) is 0 Å². The largest absolute Gasteiger partial charge is 0.354 e. The molecule has 33 heavy (non-hydrogen) atoms. The van der Waals surface area contributed by atoms with Gasteiger partial charge in [0.05, 0.1) is 4.90 Å². The average molecular weight is 459 g/mol. The summed E-state index contributed by atoms with van der Waals surface area (Å²) in [7, 11) is -3.55. The average Bonchev–Trinajstić information content (AvgIpc) is 2.84. The molecule has 168 valence electrons. The van der Waals surface area contributed by atoms with Crippen LogP contribution in [0.2, 0.25) is 0 Å². The molecule has 1 saturated heterocycles. The third-order valence-corrected chi connectivity index (χ3v) is 7.97. The normalized spacial score (nSPS) is 15.2. The highest BCUT2D eigenvalue weighted by molar-refractivity contribution is 7.89. The van der Waals surface area contributed by atoms with Crippen molar-refractivity contribution in [1.29, 1.82) is 0 Å². The second-order valence-corrected chi connectivity index (χ2v) is 10.4. The minimum absolute atomic E-state index is 0.342. The number of rotatable bonds is 4. The molecule has 7 heteroatoms. The number of nitrogens with zero attached hydrogens (tertiary/aromatic N) is 4. The lowest BCUT2D eigenvalue weighted by Crippen LogP contribution is -2.49. The molecule has 0 unspecified atom stereocenters. The highest BCUT2D eigenvalue weighted by atomic mass is 32.2. The first-order valence-corrected chi connectivity index (χ1v) is 12.5. The van der Waals surface area contributed by atoms with Crippen LogP contribution in [0.3, 0.4) is 0 Å². The van der Waals surface area contributed by atoms with Crippen LogP contribution in [0, 0.1) is 13.8 Å². The van der Waals surface area contributed by atoms with Crippen molar-refractivity contribution in [1.82, 2.24) is 14.3 Å². The van der Waals surface area contributed by atoms with Gasteiger partial charge in [-0.3, -0.25) is 0 Å². The Kier molecular flexibility index (Phi) is 5.60. The number of hydrogen-bond donors (Lipinski definition) is 0. The lowest BCUT2D eigenvalue weighted by atomic mass is 10.1. The first kappa shape index (κ1) is 21.6. The van der Waals surface area contributed by atoms with Crippen molar-refractivity contribution < 1.29 is 8.42 Å². The van der Waals surface area contributed by atoms with Crippen molar-refractivity contribution in [3.8, 4) is 11.4 Å². The molecule has 0 aliphatic carbocycles. The van der Waals surface area contributed by atoms with E-state index in [1.165, 1.54) is 5.56 Å². The summed E-state index contributed by atoms with van der Waals surface area (Å²) in [6, 6.07) is 23.3. The number of benzene rings is 3. The van der Waals surface area contributed by atoms with Gasteiger partial charge in [0.1, 0.15) is 5.82 Å². The van der Waals surface area contributed by atoms with E-state index in [0.717, 1.165) is 27.8 Å². The highest BCUT2D eigenvalue weighted by Gasteiger charge is 2.29. The molecular formula is C26H26N4O2S. The summed E-state index contributed by atoms with van der Waals surface area (Å²) < 4.78 is 28.1. The molecule has 1 aromatic heterocycles. The number of fused-ring (bicyclic) bond motifs is 1. The monoisotopic (exact) mass is 458 g/mol. The van der Waals surface area contributed by atoms with E-state index in [9.17, 15) is 8.42 Å². The molecule has 5 rings (SSSR count). The third kappa shape index (κ3) is 4.34. The van der Waals surface area contributed by atoms with E-state index in [1.807, 2.05) is 55.5 Å². The Morgan fingerprint density at radius 3 is 2.18 bits per heavy atom. The topological polar surface area (TPSA) is 66.4 Å². The fourth-order valence-corrected chi connectivity index (χ4v) is 5.64. The molecule has 1 aliphatic rings. The molecule has 0 atom stereocenters. The Labute approximate surface area is 194 Å². The second-order valence-electron chi connectivity index (χ2n) is 8.46. The van der Waals surface area contributed by atoms with Gasteiger partial charge in [-0.15, -0.1) is 0 Å². The lowest BCUT2D eigenvalue weighted by molar-refractivity contribution is 0.384. The zero-order chi connectivity index (χ0) is 23.0. The maximum Gasteiger partial charge on any atom is 0.243 e. The van der Waals surface area contributed by atoms with E-state index in [1.54, 1.807) is 16.4 Å². The Balaban J connectivity index is 1.35. The van der Waals surface area contributed by atoms with Crippen LogP contribution in [0.15, 0.2) is 77.7 Å². The van der Waals surface area contributed by atoms with Crippen LogP contribution in [0.4, 0.5) is 5.82 Å². The fraction of sp³-hybridized carbons (Fsp3) is 0.231. The Hall–Kier alpha value is -3.29. The van der Waals surface area contributed by atoms with Crippen LogP contribution in [-0.2, 0) is 10.0 Å². The first-order chi connectivity index (χ1) is 15.9. The number of sulfonamides is 1. The molecule has 0 saturated carbocycles. The van der Waals surface area contributed by atoms with Gasteiger partial charge in [0.2, 0.25) is 10.0 Å². The smallest absolute Gasteiger partial charge is 0.243 e. The van der Waals surface area contributed by atoms with Crippen LogP contribution < -0.4 is 4.90 Å². The van der Waals surface area contributed by atoms with Crippen LogP contribution in [0.1, 0.15) is 11.3 Å². The Morgan fingerprint density at radius 1 is 0.758 bits per heavy atom. The van der Waals surface area contributed by atoms with Gasteiger partial charge in [-0.1, -0.05) is 60.2 Å². The van der Waals surface area contributed by atoms with E-state index in [2.05, 4.69) is 28.9 Å². The minimum Gasteiger partial charge on any atom is -0.354 e. The van der Waals surface area contributed by atoms with Crippen LogP contribution in [0.5, 0.6) is 0 Å². The first-order valence-electron chi connectivity index (χ1n) is 11.1. The van der Waals surface area contributed by atoms with Gasteiger partial charge in [-0.2, -0.15) is 4.31 Å². The van der Waals surface area contributed by atoms with E-state index in [0.29, 0.717) is 36.9 Å². The summed E-state index contributed by atoms with van der Waals surface area (Å²) >= 11 is 0. The summed E-state index contributed by atoms with van der Waals surface area (Å²) in [6.45, 7) is 6.00. The second kappa shape index (κ2) is 8.57. The van der Waals surface area contributed by atoms with Crippen molar-refractivity contribution in [3.63, 3.8) is 0 Å². The summed E-state index contributed by atoms with van der Waals surface area (Å²) in [4.78, 5) is 11.9. The molecule has 0 spiro atoms. The van der Waals surface area contributed by atoms with Crippen LogP contribution in [0.25, 0.3) is 22.2 Å². The van der Waals surface area contributed by atoms with Crippen LogP contribution >= 0.6 is 0 Å². The maximum atomic E-state index is 13.3. The van der Waals surface area contributed by atoms with Gasteiger partial charge in [-0.25, -0.2) is 18.4 Å². The van der Waals surface area contributed by atoms with E-state index in [-0.39, 0.29) is 0 Å². The number of hydrogen-bond acceptors (Lipinski definition) is 5. The van der Waals surface area contributed by atoms with Gasteiger partial charge < -0.3 is 4.90 Å². The van der Waals surface area contributed by atoms with Gasteiger partial charge in [-0.05, 0) is 36.8 Å². The fourth-order valence-electron chi connectivity index (χ4n) is 4.18. The molecule has 4 aromatic rings. The molecule has 1 aliphatic heterocycles. The van der Waals surface area contributed by atoms with Crippen molar-refractivity contribution in [2.75, 3.05) is 31.1 Å². The van der Waals surface area contributed by atoms with Gasteiger partial charge in [0, 0.05) is 43.5 Å². The number of aryl methyl sites for hydroxylation is 2. The van der Waals surface area contributed by atoms with E-state index in [4.69, 9.17) is 4.98 Å². The molecule has 1 fully saturated rings. The van der Waals surface area contributed by atoms with Gasteiger partial charge >= 0.3 is 0 Å². The number of aromatic nitrogens is 2. The van der Waals surface area contributed by atoms with Gasteiger partial charge in [0.25, 0.3) is 0 Å². The highest BCUT2D eigenvalue weighted by Crippen LogP contribution is 2.25. The van der Waals surface area contributed by atoms with E-state index >= 15 is 0 Å².